The molecule has 1 aromatic rings. The van der Waals surface area contributed by atoms with E-state index in [1.807, 2.05) is 0 Å². The molecule has 1 rings (SSSR count). The average Bonchev–Trinajstić information content (AvgIpc) is 2.80. The maximum Gasteiger partial charge on any atom is 0.289 e. The summed E-state index contributed by atoms with van der Waals surface area (Å²) in [5.41, 5.74) is 0. The summed E-state index contributed by atoms with van der Waals surface area (Å²) in [6.07, 6.45) is 1.81. The zero-order valence-electron chi connectivity index (χ0n) is 11.1. The third-order valence-electron chi connectivity index (χ3n) is 2.96. The lowest BCUT2D eigenvalue weighted by atomic mass is 10.1. The molecule has 0 saturated carbocycles. The van der Waals surface area contributed by atoms with Gasteiger partial charge in [-0.25, -0.2) is 0 Å². The number of furan rings is 1. The number of ether oxygens (including phenoxy) is 1. The highest BCUT2D eigenvalue weighted by molar-refractivity contribution is 6.29. The van der Waals surface area contributed by atoms with E-state index < -0.39 is 0 Å². The fraction of sp³-hybridized carbons (Fsp3) is 0.615. The second-order valence-electron chi connectivity index (χ2n) is 4.07. The first-order valence-electron chi connectivity index (χ1n) is 6.19. The molecule has 0 aliphatic heterocycles. The smallest absolute Gasteiger partial charge is 0.289 e. The quantitative estimate of drug-likeness (QED) is 0.766. The van der Waals surface area contributed by atoms with Gasteiger partial charge < -0.3 is 14.1 Å². The molecule has 5 heteroatoms. The molecular weight excluding hydrogens is 254 g/mol. The van der Waals surface area contributed by atoms with Crippen LogP contribution in [0.1, 0.15) is 37.2 Å². The summed E-state index contributed by atoms with van der Waals surface area (Å²) in [6, 6.07) is 3.37. The van der Waals surface area contributed by atoms with Gasteiger partial charge in [0, 0.05) is 19.7 Å². The second-order valence-corrected chi connectivity index (χ2v) is 4.44. The molecule has 0 saturated heterocycles. The lowest BCUT2D eigenvalue weighted by molar-refractivity contribution is 0.0559. The third kappa shape index (κ3) is 3.75. The van der Waals surface area contributed by atoms with E-state index in [1.54, 1.807) is 24.1 Å². The molecule has 0 atom stereocenters. The number of amides is 1. The van der Waals surface area contributed by atoms with Crippen LogP contribution in [0.25, 0.3) is 0 Å². The minimum atomic E-state index is -0.132. The van der Waals surface area contributed by atoms with Crippen molar-refractivity contribution in [3.05, 3.63) is 23.1 Å². The highest BCUT2D eigenvalue weighted by atomic mass is 35.5. The molecule has 1 aromatic heterocycles. The number of halogens is 1. The van der Waals surface area contributed by atoms with Gasteiger partial charge in [-0.1, -0.05) is 13.8 Å². The summed E-state index contributed by atoms with van der Waals surface area (Å²) in [4.78, 5) is 14.1. The van der Waals surface area contributed by atoms with Crippen molar-refractivity contribution in [3.63, 3.8) is 0 Å². The largest absolute Gasteiger partial charge is 0.440 e. The molecule has 0 unspecified atom stereocenters. The van der Waals surface area contributed by atoms with Crippen molar-refractivity contribution >= 4 is 17.5 Å². The fourth-order valence-electron chi connectivity index (χ4n) is 1.94. The first-order chi connectivity index (χ1) is 8.63. The van der Waals surface area contributed by atoms with Crippen LogP contribution in [-0.2, 0) is 4.74 Å². The van der Waals surface area contributed by atoms with Gasteiger partial charge in [0.15, 0.2) is 11.0 Å². The highest BCUT2D eigenvalue weighted by Crippen LogP contribution is 2.18. The zero-order valence-corrected chi connectivity index (χ0v) is 11.9. The van der Waals surface area contributed by atoms with Crippen LogP contribution in [0.3, 0.4) is 0 Å². The first kappa shape index (κ1) is 15.1. The molecule has 0 spiro atoms. The molecule has 0 N–H and O–H groups in total. The molecule has 0 aromatic carbocycles. The van der Waals surface area contributed by atoms with Gasteiger partial charge in [-0.2, -0.15) is 0 Å². The Bertz CT molecular complexity index is 374. The van der Waals surface area contributed by atoms with Crippen molar-refractivity contribution in [2.75, 3.05) is 20.3 Å². The summed E-state index contributed by atoms with van der Waals surface area (Å²) in [5, 5.41) is 0.231. The second kappa shape index (κ2) is 7.44. The number of carbonyl (C=O) groups excluding carboxylic acids is 1. The predicted molar refractivity (Wildman–Crippen MR) is 71.0 cm³/mol. The predicted octanol–water partition coefficient (Wildman–Crippen LogP) is 3.21. The first-order valence-corrected chi connectivity index (χ1v) is 6.57. The van der Waals surface area contributed by atoms with E-state index in [2.05, 4.69) is 13.8 Å². The Kier molecular flexibility index (Phi) is 6.22. The van der Waals surface area contributed by atoms with Crippen LogP contribution in [0.4, 0.5) is 0 Å². The summed E-state index contributed by atoms with van der Waals surface area (Å²) >= 11 is 5.70. The van der Waals surface area contributed by atoms with Gasteiger partial charge in [-0.15, -0.1) is 0 Å². The van der Waals surface area contributed by atoms with E-state index in [-0.39, 0.29) is 22.9 Å². The van der Waals surface area contributed by atoms with E-state index in [0.29, 0.717) is 13.2 Å². The van der Waals surface area contributed by atoms with Gasteiger partial charge in [0.05, 0.1) is 6.61 Å². The molecule has 18 heavy (non-hydrogen) atoms. The maximum absolute atomic E-state index is 12.3. The number of hydrogen-bond donors (Lipinski definition) is 0. The van der Waals surface area contributed by atoms with Crippen molar-refractivity contribution in [2.45, 2.75) is 32.7 Å². The number of methoxy groups -OCH3 is 1. The SMILES string of the molecule is CCC(CC)N(CCOC)C(=O)c1ccc(Cl)o1. The van der Waals surface area contributed by atoms with Gasteiger partial charge in [0.25, 0.3) is 5.91 Å². The van der Waals surface area contributed by atoms with Crippen molar-refractivity contribution < 1.29 is 13.9 Å². The van der Waals surface area contributed by atoms with Crippen molar-refractivity contribution in [3.8, 4) is 0 Å². The van der Waals surface area contributed by atoms with Crippen LogP contribution in [-0.4, -0.2) is 37.1 Å². The van der Waals surface area contributed by atoms with Crippen molar-refractivity contribution in [1.29, 1.82) is 0 Å². The maximum atomic E-state index is 12.3. The molecule has 0 aliphatic carbocycles. The van der Waals surface area contributed by atoms with E-state index in [0.717, 1.165) is 12.8 Å². The molecule has 1 heterocycles. The monoisotopic (exact) mass is 273 g/mol. The summed E-state index contributed by atoms with van der Waals surface area (Å²) < 4.78 is 10.2. The summed E-state index contributed by atoms with van der Waals surface area (Å²) in [5.74, 6) is 0.149. The van der Waals surface area contributed by atoms with Crippen LogP contribution in [0.5, 0.6) is 0 Å². The number of hydrogen-bond acceptors (Lipinski definition) is 3. The lowest BCUT2D eigenvalue weighted by Gasteiger charge is -2.29. The Morgan fingerprint density at radius 1 is 1.44 bits per heavy atom. The number of carbonyl (C=O) groups is 1. The number of nitrogens with zero attached hydrogens (tertiary/aromatic N) is 1. The average molecular weight is 274 g/mol. The Balaban J connectivity index is 2.84. The van der Waals surface area contributed by atoms with Crippen LogP contribution < -0.4 is 0 Å². The van der Waals surface area contributed by atoms with Gasteiger partial charge in [0.2, 0.25) is 0 Å². The molecule has 0 aliphatic rings. The Morgan fingerprint density at radius 3 is 2.56 bits per heavy atom. The zero-order chi connectivity index (χ0) is 13.5. The molecular formula is C13H20ClNO3. The van der Waals surface area contributed by atoms with E-state index >= 15 is 0 Å². The standard InChI is InChI=1S/C13H20ClNO3/c1-4-10(5-2)15(8-9-17-3)13(16)11-6-7-12(14)18-11/h6-7,10H,4-5,8-9H2,1-3H3. The Labute approximate surface area is 113 Å². The minimum Gasteiger partial charge on any atom is -0.440 e. The summed E-state index contributed by atoms with van der Waals surface area (Å²) in [7, 11) is 1.62. The van der Waals surface area contributed by atoms with Crippen LogP contribution in [0.15, 0.2) is 16.5 Å². The van der Waals surface area contributed by atoms with Gasteiger partial charge in [-0.05, 0) is 36.6 Å². The molecule has 0 radical (unpaired) electrons. The molecule has 1 amide bonds. The van der Waals surface area contributed by atoms with E-state index in [9.17, 15) is 4.79 Å². The van der Waals surface area contributed by atoms with Gasteiger partial charge in [0.1, 0.15) is 0 Å². The van der Waals surface area contributed by atoms with Gasteiger partial charge >= 0.3 is 0 Å². The Morgan fingerprint density at radius 2 is 2.11 bits per heavy atom. The van der Waals surface area contributed by atoms with E-state index in [1.165, 1.54) is 0 Å². The summed E-state index contributed by atoms with van der Waals surface area (Å²) in [6.45, 7) is 5.20. The molecule has 4 nitrogen and oxygen atoms in total. The molecule has 0 fully saturated rings. The Hall–Kier alpha value is -1.00. The molecule has 0 bridgehead atoms. The van der Waals surface area contributed by atoms with Crippen LogP contribution in [0, 0.1) is 0 Å². The topological polar surface area (TPSA) is 42.7 Å². The normalized spacial score (nSPS) is 10.9. The van der Waals surface area contributed by atoms with Crippen LogP contribution >= 0.6 is 11.6 Å². The van der Waals surface area contributed by atoms with E-state index in [4.69, 9.17) is 20.8 Å². The fourth-order valence-corrected chi connectivity index (χ4v) is 2.09. The van der Waals surface area contributed by atoms with Gasteiger partial charge in [-0.3, -0.25) is 4.79 Å². The third-order valence-corrected chi connectivity index (χ3v) is 3.17. The highest BCUT2D eigenvalue weighted by Gasteiger charge is 2.24. The van der Waals surface area contributed by atoms with Crippen molar-refractivity contribution in [1.82, 2.24) is 4.90 Å². The lowest BCUT2D eigenvalue weighted by Crippen LogP contribution is -2.41. The minimum absolute atomic E-state index is 0.132. The molecule has 102 valence electrons. The van der Waals surface area contributed by atoms with Crippen LogP contribution in [0.2, 0.25) is 5.22 Å². The van der Waals surface area contributed by atoms with Crippen molar-refractivity contribution in [2.24, 2.45) is 0 Å². The number of rotatable bonds is 7.